The van der Waals surface area contributed by atoms with Crippen molar-refractivity contribution in [3.63, 3.8) is 0 Å². The molecule has 0 bridgehead atoms. The number of halogens is 2. The number of carbonyl (C=O) groups excluding carboxylic acids is 1. The van der Waals surface area contributed by atoms with Gasteiger partial charge in [0.2, 0.25) is 0 Å². The number of piperidine rings is 1. The topological polar surface area (TPSA) is 32.3 Å². The van der Waals surface area contributed by atoms with Crippen LogP contribution in [0.1, 0.15) is 36.5 Å². The molecule has 1 aromatic carbocycles. The summed E-state index contributed by atoms with van der Waals surface area (Å²) in [5, 5.41) is 3.96. The van der Waals surface area contributed by atoms with Gasteiger partial charge in [0.05, 0.1) is 0 Å². The Hall–Kier alpha value is -0.580. The molecule has 1 heterocycles. The Balaban J connectivity index is 2.10. The molecule has 5 heteroatoms. The lowest BCUT2D eigenvalue weighted by Gasteiger charge is -2.30. The molecule has 21 heavy (non-hydrogen) atoms. The van der Waals surface area contributed by atoms with E-state index in [1.54, 1.807) is 12.1 Å². The van der Waals surface area contributed by atoms with Crippen molar-refractivity contribution in [2.45, 2.75) is 26.2 Å². The van der Waals surface area contributed by atoms with Gasteiger partial charge in [-0.3, -0.25) is 4.79 Å². The molecular weight excluding hydrogens is 352 g/mol. The van der Waals surface area contributed by atoms with Gasteiger partial charge in [-0.2, -0.15) is 0 Å². The fourth-order valence-corrected chi connectivity index (χ4v) is 3.64. The van der Waals surface area contributed by atoms with Crippen molar-refractivity contribution in [2.75, 3.05) is 26.2 Å². The number of nitrogens with zero attached hydrogens (tertiary/aromatic N) is 1. The van der Waals surface area contributed by atoms with Crippen LogP contribution in [0, 0.1) is 5.92 Å². The molecule has 1 fully saturated rings. The molecule has 0 radical (unpaired) electrons. The van der Waals surface area contributed by atoms with Crippen molar-refractivity contribution in [1.82, 2.24) is 10.2 Å². The van der Waals surface area contributed by atoms with Crippen molar-refractivity contribution in [2.24, 2.45) is 5.92 Å². The molecule has 1 saturated heterocycles. The quantitative estimate of drug-likeness (QED) is 0.847. The summed E-state index contributed by atoms with van der Waals surface area (Å²) in [7, 11) is 0. The summed E-state index contributed by atoms with van der Waals surface area (Å²) in [5.41, 5.74) is 0.664. The third-order valence-corrected chi connectivity index (χ3v) is 4.50. The fraction of sp³-hybridized carbons (Fsp3) is 0.562. The predicted octanol–water partition coefficient (Wildman–Crippen LogP) is 3.95. The van der Waals surface area contributed by atoms with Crippen LogP contribution in [-0.2, 0) is 0 Å². The zero-order valence-electron chi connectivity index (χ0n) is 12.4. The maximum absolute atomic E-state index is 12.7. The van der Waals surface area contributed by atoms with Gasteiger partial charge in [-0.15, -0.1) is 0 Å². The molecule has 0 aliphatic carbocycles. The van der Waals surface area contributed by atoms with Crippen LogP contribution < -0.4 is 5.32 Å². The van der Waals surface area contributed by atoms with Gasteiger partial charge < -0.3 is 10.2 Å². The Morgan fingerprint density at radius 1 is 1.38 bits per heavy atom. The largest absolute Gasteiger partial charge is 0.338 e. The normalized spacial score (nSPS) is 16.0. The highest BCUT2D eigenvalue weighted by molar-refractivity contribution is 9.10. The second-order valence-corrected chi connectivity index (χ2v) is 6.95. The lowest BCUT2D eigenvalue weighted by molar-refractivity contribution is 0.0716. The SMILES string of the molecule is CCCN(CC1CCNCC1)C(=O)c1cc(Cl)cc(Br)c1. The third-order valence-electron chi connectivity index (χ3n) is 3.83. The number of benzene rings is 1. The molecule has 0 saturated carbocycles. The minimum atomic E-state index is 0.0820. The number of amides is 1. The van der Waals surface area contributed by atoms with E-state index in [2.05, 4.69) is 28.2 Å². The van der Waals surface area contributed by atoms with Gasteiger partial charge in [-0.05, 0) is 56.5 Å². The Labute approximate surface area is 140 Å². The van der Waals surface area contributed by atoms with Crippen molar-refractivity contribution in [3.8, 4) is 0 Å². The van der Waals surface area contributed by atoms with E-state index < -0.39 is 0 Å². The Morgan fingerprint density at radius 2 is 2.10 bits per heavy atom. The molecule has 0 atom stereocenters. The molecule has 2 rings (SSSR count). The van der Waals surface area contributed by atoms with Gasteiger partial charge in [-0.1, -0.05) is 34.5 Å². The van der Waals surface area contributed by atoms with Crippen molar-refractivity contribution < 1.29 is 4.79 Å². The van der Waals surface area contributed by atoms with Gasteiger partial charge in [0, 0.05) is 28.1 Å². The number of nitrogens with one attached hydrogen (secondary N) is 1. The van der Waals surface area contributed by atoms with E-state index in [0.29, 0.717) is 16.5 Å². The van der Waals surface area contributed by atoms with Crippen LogP contribution in [0.2, 0.25) is 5.02 Å². The molecular formula is C16H22BrClN2O. The van der Waals surface area contributed by atoms with Crippen molar-refractivity contribution in [3.05, 3.63) is 33.3 Å². The van der Waals surface area contributed by atoms with E-state index in [1.807, 2.05) is 11.0 Å². The second-order valence-electron chi connectivity index (χ2n) is 5.60. The first kappa shape index (κ1) is 16.8. The number of rotatable bonds is 5. The van der Waals surface area contributed by atoms with Crippen LogP contribution in [-0.4, -0.2) is 37.0 Å². The Kier molecular flexibility index (Phi) is 6.52. The third kappa shape index (κ3) is 4.97. The van der Waals surface area contributed by atoms with Crippen molar-refractivity contribution >= 4 is 33.4 Å². The molecule has 1 aliphatic heterocycles. The molecule has 0 spiro atoms. The zero-order valence-corrected chi connectivity index (χ0v) is 14.7. The first-order chi connectivity index (χ1) is 10.1. The van der Waals surface area contributed by atoms with E-state index in [4.69, 9.17) is 11.6 Å². The zero-order chi connectivity index (χ0) is 15.2. The fourth-order valence-electron chi connectivity index (χ4n) is 2.78. The van der Waals surface area contributed by atoms with Gasteiger partial charge in [0.15, 0.2) is 0 Å². The van der Waals surface area contributed by atoms with Gasteiger partial charge in [0.25, 0.3) is 5.91 Å². The summed E-state index contributed by atoms with van der Waals surface area (Å²) < 4.78 is 0.844. The monoisotopic (exact) mass is 372 g/mol. The summed E-state index contributed by atoms with van der Waals surface area (Å²) in [6.07, 6.45) is 3.26. The Bertz CT molecular complexity index is 469. The van der Waals surface area contributed by atoms with Gasteiger partial charge in [-0.25, -0.2) is 0 Å². The maximum Gasteiger partial charge on any atom is 0.253 e. The minimum absolute atomic E-state index is 0.0820. The van der Waals surface area contributed by atoms with Crippen LogP contribution in [0.25, 0.3) is 0 Å². The number of hydrogen-bond donors (Lipinski definition) is 1. The summed E-state index contributed by atoms with van der Waals surface area (Å²) in [5.74, 6) is 0.683. The summed E-state index contributed by atoms with van der Waals surface area (Å²) >= 11 is 9.46. The Morgan fingerprint density at radius 3 is 2.71 bits per heavy atom. The lowest BCUT2D eigenvalue weighted by Crippen LogP contribution is -2.39. The maximum atomic E-state index is 12.7. The predicted molar refractivity (Wildman–Crippen MR) is 90.9 cm³/mol. The first-order valence-electron chi connectivity index (χ1n) is 7.56. The summed E-state index contributed by atoms with van der Waals surface area (Å²) in [6.45, 7) is 5.87. The van der Waals surface area contributed by atoms with Crippen LogP contribution in [0.15, 0.2) is 22.7 Å². The van der Waals surface area contributed by atoms with Gasteiger partial charge >= 0.3 is 0 Å². The lowest BCUT2D eigenvalue weighted by atomic mass is 9.97. The molecule has 0 aromatic heterocycles. The molecule has 1 amide bonds. The van der Waals surface area contributed by atoms with E-state index in [1.165, 1.54) is 0 Å². The first-order valence-corrected chi connectivity index (χ1v) is 8.73. The summed E-state index contributed by atoms with van der Waals surface area (Å²) in [4.78, 5) is 14.7. The summed E-state index contributed by atoms with van der Waals surface area (Å²) in [6, 6.07) is 5.40. The van der Waals surface area contributed by atoms with Gasteiger partial charge in [0.1, 0.15) is 0 Å². The standard InChI is InChI=1S/C16H22BrClN2O/c1-2-7-20(11-12-3-5-19-6-4-12)16(21)13-8-14(17)10-15(18)9-13/h8-10,12,19H,2-7,11H2,1H3. The molecule has 1 aromatic rings. The van der Waals surface area contributed by atoms with Crippen LogP contribution in [0.4, 0.5) is 0 Å². The van der Waals surface area contributed by atoms with Crippen molar-refractivity contribution in [1.29, 1.82) is 0 Å². The number of carbonyl (C=O) groups is 1. The average Bonchev–Trinajstić information content (AvgIpc) is 2.46. The average molecular weight is 374 g/mol. The highest BCUT2D eigenvalue weighted by atomic mass is 79.9. The second kappa shape index (κ2) is 8.16. The molecule has 1 N–H and O–H groups in total. The molecule has 1 aliphatic rings. The molecule has 116 valence electrons. The smallest absolute Gasteiger partial charge is 0.253 e. The highest BCUT2D eigenvalue weighted by Crippen LogP contribution is 2.22. The highest BCUT2D eigenvalue weighted by Gasteiger charge is 2.21. The van der Waals surface area contributed by atoms with E-state index >= 15 is 0 Å². The molecule has 3 nitrogen and oxygen atoms in total. The van der Waals surface area contributed by atoms with E-state index in [-0.39, 0.29) is 5.91 Å². The molecule has 0 unspecified atom stereocenters. The number of hydrogen-bond acceptors (Lipinski definition) is 2. The van der Waals surface area contributed by atoms with Crippen LogP contribution in [0.3, 0.4) is 0 Å². The minimum Gasteiger partial charge on any atom is -0.338 e. The van der Waals surface area contributed by atoms with Crippen LogP contribution >= 0.6 is 27.5 Å². The van der Waals surface area contributed by atoms with E-state index in [0.717, 1.165) is 49.9 Å². The van der Waals surface area contributed by atoms with Crippen LogP contribution in [0.5, 0.6) is 0 Å². The van der Waals surface area contributed by atoms with E-state index in [9.17, 15) is 4.79 Å².